The smallest absolute Gasteiger partial charge is 0.271 e. The number of nitrogens with one attached hydrogen (secondary N) is 1. The van der Waals surface area contributed by atoms with E-state index in [0.717, 1.165) is 20.6 Å². The van der Waals surface area contributed by atoms with Gasteiger partial charge >= 0.3 is 0 Å². The first-order valence-electron chi connectivity index (χ1n) is 8.94. The molecule has 0 fully saturated rings. The number of carbonyl (C=O) groups is 1. The van der Waals surface area contributed by atoms with Crippen LogP contribution in [0.5, 0.6) is 11.5 Å². The van der Waals surface area contributed by atoms with E-state index in [1.807, 2.05) is 41.9 Å². The molecule has 7 nitrogen and oxygen atoms in total. The molecule has 0 radical (unpaired) electrons. The number of halogens is 1. The van der Waals surface area contributed by atoms with Crippen LogP contribution in [0.25, 0.3) is 0 Å². The third-order valence-corrected chi connectivity index (χ3v) is 6.83. The Morgan fingerprint density at radius 2 is 2.00 bits per heavy atom. The molecule has 3 aromatic rings. The second-order valence-corrected chi connectivity index (χ2v) is 8.59. The SMILES string of the molecule is Cn1c(Sc2cc3c(cc2I)OCO3)nc(C(N)=O)c1NCCc1ccccc1. The Morgan fingerprint density at radius 1 is 1.28 bits per heavy atom. The molecule has 2 aromatic carbocycles. The van der Waals surface area contributed by atoms with E-state index in [4.69, 9.17) is 15.2 Å². The quantitative estimate of drug-likeness (QED) is 0.461. The van der Waals surface area contributed by atoms with Gasteiger partial charge in [0.05, 0.1) is 0 Å². The van der Waals surface area contributed by atoms with Gasteiger partial charge in [-0.3, -0.25) is 4.79 Å². The minimum absolute atomic E-state index is 0.225. The Kier molecular flexibility index (Phi) is 5.86. The minimum atomic E-state index is -0.560. The lowest BCUT2D eigenvalue weighted by Crippen LogP contribution is -2.16. The van der Waals surface area contributed by atoms with E-state index in [2.05, 4.69) is 45.0 Å². The molecule has 3 N–H and O–H groups in total. The number of fused-ring (bicyclic) bond motifs is 1. The highest BCUT2D eigenvalue weighted by Crippen LogP contribution is 2.41. The Morgan fingerprint density at radius 3 is 2.72 bits per heavy atom. The molecule has 1 amide bonds. The van der Waals surface area contributed by atoms with Gasteiger partial charge in [0, 0.05) is 22.1 Å². The van der Waals surface area contributed by atoms with Crippen molar-refractivity contribution in [3.8, 4) is 11.5 Å². The zero-order valence-electron chi connectivity index (χ0n) is 15.6. The number of ether oxygens (including phenoxy) is 2. The normalized spacial score (nSPS) is 12.2. The first kappa shape index (κ1) is 19.9. The van der Waals surface area contributed by atoms with Crippen molar-refractivity contribution in [2.24, 2.45) is 12.8 Å². The highest BCUT2D eigenvalue weighted by atomic mass is 127. The van der Waals surface area contributed by atoms with Crippen molar-refractivity contribution >= 4 is 46.1 Å². The summed E-state index contributed by atoms with van der Waals surface area (Å²) in [5.41, 5.74) is 7.02. The molecular formula is C20H19IN4O3S. The van der Waals surface area contributed by atoms with Crippen LogP contribution in [0.4, 0.5) is 5.82 Å². The van der Waals surface area contributed by atoms with Gasteiger partial charge in [0.1, 0.15) is 5.82 Å². The van der Waals surface area contributed by atoms with Gasteiger partial charge in [-0.05, 0) is 46.7 Å². The Labute approximate surface area is 186 Å². The number of carbonyl (C=O) groups excluding carboxylic acids is 1. The largest absolute Gasteiger partial charge is 0.454 e. The number of anilines is 1. The molecule has 0 saturated carbocycles. The summed E-state index contributed by atoms with van der Waals surface area (Å²) in [5.74, 6) is 1.50. The Hall–Kier alpha value is -2.40. The van der Waals surface area contributed by atoms with Crippen LogP contribution in [-0.4, -0.2) is 28.8 Å². The van der Waals surface area contributed by atoms with Gasteiger partial charge in [0.2, 0.25) is 6.79 Å². The number of hydrogen-bond acceptors (Lipinski definition) is 6. The fourth-order valence-electron chi connectivity index (χ4n) is 2.99. The van der Waals surface area contributed by atoms with Gasteiger partial charge in [-0.25, -0.2) is 4.98 Å². The summed E-state index contributed by atoms with van der Waals surface area (Å²) in [4.78, 5) is 17.4. The summed E-state index contributed by atoms with van der Waals surface area (Å²) in [5, 5.41) is 3.98. The van der Waals surface area contributed by atoms with Gasteiger partial charge in [-0.1, -0.05) is 42.1 Å². The van der Waals surface area contributed by atoms with E-state index >= 15 is 0 Å². The maximum Gasteiger partial charge on any atom is 0.271 e. The number of rotatable bonds is 7. The lowest BCUT2D eigenvalue weighted by atomic mass is 10.1. The molecular weight excluding hydrogens is 503 g/mol. The first-order chi connectivity index (χ1) is 14.0. The molecule has 0 spiro atoms. The molecule has 1 aromatic heterocycles. The topological polar surface area (TPSA) is 91.4 Å². The zero-order chi connectivity index (χ0) is 20.4. The monoisotopic (exact) mass is 522 g/mol. The molecule has 1 aliphatic rings. The summed E-state index contributed by atoms with van der Waals surface area (Å²) in [6, 6.07) is 14.0. The number of aromatic nitrogens is 2. The molecule has 4 rings (SSSR count). The standard InChI is InChI=1S/C20H19IN4O3S/c1-25-19(23-8-7-12-5-3-2-4-6-12)17(18(22)26)24-20(25)29-16-10-15-14(9-13(16)21)27-11-28-15/h2-6,9-10,23H,7-8,11H2,1H3,(H2,22,26). The number of imidazole rings is 1. The van der Waals surface area contributed by atoms with Gasteiger partial charge < -0.3 is 25.1 Å². The molecule has 29 heavy (non-hydrogen) atoms. The number of hydrogen-bond donors (Lipinski definition) is 2. The second-order valence-electron chi connectivity index (χ2n) is 6.42. The molecule has 2 heterocycles. The van der Waals surface area contributed by atoms with Crippen molar-refractivity contribution in [3.05, 3.63) is 57.3 Å². The molecule has 0 bridgehead atoms. The molecule has 0 unspecified atom stereocenters. The van der Waals surface area contributed by atoms with Crippen LogP contribution in [0.2, 0.25) is 0 Å². The molecule has 150 valence electrons. The molecule has 0 saturated heterocycles. The first-order valence-corrected chi connectivity index (χ1v) is 10.8. The predicted molar refractivity (Wildman–Crippen MR) is 120 cm³/mol. The average molecular weight is 522 g/mol. The Balaban J connectivity index is 1.55. The van der Waals surface area contributed by atoms with Gasteiger partial charge in [-0.2, -0.15) is 0 Å². The molecule has 0 aliphatic carbocycles. The number of nitrogens with zero attached hydrogens (tertiary/aromatic N) is 2. The van der Waals surface area contributed by atoms with Crippen LogP contribution < -0.4 is 20.5 Å². The molecule has 0 atom stereocenters. The van der Waals surface area contributed by atoms with E-state index < -0.39 is 5.91 Å². The summed E-state index contributed by atoms with van der Waals surface area (Å²) >= 11 is 3.70. The lowest BCUT2D eigenvalue weighted by Gasteiger charge is -2.10. The van der Waals surface area contributed by atoms with Crippen molar-refractivity contribution in [2.75, 3.05) is 18.7 Å². The fraction of sp³-hybridized carbons (Fsp3) is 0.200. The summed E-state index contributed by atoms with van der Waals surface area (Å²) in [6.07, 6.45) is 0.826. The lowest BCUT2D eigenvalue weighted by molar-refractivity contribution is 0.0996. The summed E-state index contributed by atoms with van der Waals surface area (Å²) in [7, 11) is 1.87. The number of primary amides is 1. The van der Waals surface area contributed by atoms with Crippen LogP contribution in [0.15, 0.2) is 52.5 Å². The number of amides is 1. The van der Waals surface area contributed by atoms with E-state index in [1.165, 1.54) is 17.3 Å². The van der Waals surface area contributed by atoms with E-state index in [9.17, 15) is 4.79 Å². The fourth-order valence-corrected chi connectivity index (χ4v) is 4.64. The van der Waals surface area contributed by atoms with Crippen molar-refractivity contribution in [1.29, 1.82) is 0 Å². The second kappa shape index (κ2) is 8.54. The molecule has 1 aliphatic heterocycles. The summed E-state index contributed by atoms with van der Waals surface area (Å²) in [6.45, 7) is 0.888. The van der Waals surface area contributed by atoms with E-state index in [-0.39, 0.29) is 12.5 Å². The average Bonchev–Trinajstić information content (AvgIpc) is 3.28. The predicted octanol–water partition coefficient (Wildman–Crippen LogP) is 3.66. The third kappa shape index (κ3) is 4.30. The third-order valence-electron chi connectivity index (χ3n) is 4.46. The van der Waals surface area contributed by atoms with Gasteiger partial charge in [-0.15, -0.1) is 0 Å². The highest BCUT2D eigenvalue weighted by molar-refractivity contribution is 14.1. The van der Waals surface area contributed by atoms with Crippen molar-refractivity contribution < 1.29 is 14.3 Å². The van der Waals surface area contributed by atoms with Crippen LogP contribution in [0.3, 0.4) is 0 Å². The van der Waals surface area contributed by atoms with Gasteiger partial charge in [0.15, 0.2) is 22.3 Å². The van der Waals surface area contributed by atoms with Gasteiger partial charge in [0.25, 0.3) is 5.91 Å². The zero-order valence-corrected chi connectivity index (χ0v) is 18.6. The van der Waals surface area contributed by atoms with Crippen LogP contribution in [-0.2, 0) is 13.5 Å². The maximum absolute atomic E-state index is 12.0. The minimum Gasteiger partial charge on any atom is -0.454 e. The summed E-state index contributed by atoms with van der Waals surface area (Å²) < 4.78 is 13.8. The van der Waals surface area contributed by atoms with Crippen LogP contribution in [0, 0.1) is 3.57 Å². The van der Waals surface area contributed by atoms with Crippen LogP contribution in [0.1, 0.15) is 16.1 Å². The Bertz CT molecular complexity index is 1060. The molecule has 9 heteroatoms. The van der Waals surface area contributed by atoms with Crippen LogP contribution >= 0.6 is 34.4 Å². The highest BCUT2D eigenvalue weighted by Gasteiger charge is 2.22. The number of nitrogens with two attached hydrogens (primary N) is 1. The van der Waals surface area contributed by atoms with Crippen molar-refractivity contribution in [1.82, 2.24) is 9.55 Å². The van der Waals surface area contributed by atoms with E-state index in [0.29, 0.717) is 23.3 Å². The van der Waals surface area contributed by atoms with E-state index in [1.54, 1.807) is 0 Å². The number of benzene rings is 2. The van der Waals surface area contributed by atoms with Crippen molar-refractivity contribution in [2.45, 2.75) is 16.5 Å². The maximum atomic E-state index is 12.0. The van der Waals surface area contributed by atoms with Crippen molar-refractivity contribution in [3.63, 3.8) is 0 Å².